The second kappa shape index (κ2) is 6.66. The molecule has 1 aromatic heterocycles. The van der Waals surface area contributed by atoms with Crippen molar-refractivity contribution in [3.05, 3.63) is 52.5 Å². The predicted molar refractivity (Wildman–Crippen MR) is 77.1 cm³/mol. The van der Waals surface area contributed by atoms with Crippen LogP contribution in [0, 0.1) is 0 Å². The van der Waals surface area contributed by atoms with E-state index in [1.165, 1.54) is 11.3 Å². The van der Waals surface area contributed by atoms with Crippen molar-refractivity contribution in [1.29, 1.82) is 0 Å². The van der Waals surface area contributed by atoms with Crippen molar-refractivity contribution in [3.8, 4) is 0 Å². The van der Waals surface area contributed by atoms with E-state index in [0.29, 0.717) is 18.8 Å². The molecule has 5 heteroatoms. The lowest BCUT2D eigenvalue weighted by Crippen LogP contribution is -2.32. The molecule has 0 radical (unpaired) electrons. The molecule has 2 aromatic rings. The number of carbonyl (C=O) groups is 1. The number of hydrogen-bond acceptors (Lipinski definition) is 3. The molecule has 0 atom stereocenters. The van der Waals surface area contributed by atoms with Crippen molar-refractivity contribution in [2.45, 2.75) is 6.54 Å². The first-order valence-corrected chi connectivity index (χ1v) is 7.65. The molecule has 1 heterocycles. The number of thiazole rings is 1. The summed E-state index contributed by atoms with van der Waals surface area (Å²) in [6.07, 6.45) is 0. The van der Waals surface area contributed by atoms with Gasteiger partial charge in [-0.25, -0.2) is 4.98 Å². The van der Waals surface area contributed by atoms with Crippen molar-refractivity contribution < 1.29 is 4.79 Å². The molecule has 0 spiro atoms. The Kier molecular flexibility index (Phi) is 4.90. The Morgan fingerprint density at radius 3 is 2.72 bits per heavy atom. The maximum atomic E-state index is 12.2. The molecule has 2 rings (SSSR count). The molecule has 1 amide bonds. The maximum absolute atomic E-state index is 12.2. The van der Waals surface area contributed by atoms with Gasteiger partial charge in [0, 0.05) is 23.8 Å². The van der Waals surface area contributed by atoms with Crippen LogP contribution >= 0.6 is 27.3 Å². The predicted octanol–water partition coefficient (Wildman–Crippen LogP) is 3.18. The molecular weight excluding hydrogens is 312 g/mol. The first-order valence-electron chi connectivity index (χ1n) is 5.58. The first kappa shape index (κ1) is 13.2. The van der Waals surface area contributed by atoms with Gasteiger partial charge in [-0.05, 0) is 5.56 Å². The first-order chi connectivity index (χ1) is 8.81. The Bertz CT molecular complexity index is 487. The molecule has 0 N–H and O–H groups in total. The quantitative estimate of drug-likeness (QED) is 0.791. The van der Waals surface area contributed by atoms with Gasteiger partial charge in [-0.15, -0.1) is 11.3 Å². The van der Waals surface area contributed by atoms with Gasteiger partial charge < -0.3 is 4.90 Å². The van der Waals surface area contributed by atoms with Crippen LogP contribution in [0.4, 0.5) is 0 Å². The second-order valence-corrected chi connectivity index (χ2v) is 5.29. The summed E-state index contributed by atoms with van der Waals surface area (Å²) >= 11 is 4.82. The van der Waals surface area contributed by atoms with Crippen LogP contribution in [0.5, 0.6) is 0 Å². The van der Waals surface area contributed by atoms with E-state index in [2.05, 4.69) is 20.9 Å². The Labute approximate surface area is 119 Å². The molecule has 3 nitrogen and oxygen atoms in total. The Hall–Kier alpha value is -1.20. The van der Waals surface area contributed by atoms with E-state index in [9.17, 15) is 4.79 Å². The minimum Gasteiger partial charge on any atom is -0.332 e. The molecular formula is C13H13BrN2OS. The van der Waals surface area contributed by atoms with Crippen LogP contribution in [0.25, 0.3) is 0 Å². The summed E-state index contributed by atoms with van der Waals surface area (Å²) in [6.45, 7) is 1.29. The standard InChI is InChI=1S/C13H13BrN2OS/c14-6-7-16(8-11-4-2-1-3-5-11)13(17)12-9-18-10-15-12/h1-5,9-10H,6-8H2. The van der Waals surface area contributed by atoms with Gasteiger partial charge in [-0.1, -0.05) is 46.3 Å². The third kappa shape index (κ3) is 3.40. The van der Waals surface area contributed by atoms with Gasteiger partial charge in [0.1, 0.15) is 5.69 Å². The maximum Gasteiger partial charge on any atom is 0.273 e. The van der Waals surface area contributed by atoms with Crippen LogP contribution in [-0.4, -0.2) is 27.7 Å². The number of amides is 1. The van der Waals surface area contributed by atoms with Crippen LogP contribution in [0.1, 0.15) is 16.1 Å². The molecule has 0 aliphatic rings. The molecule has 0 saturated carbocycles. The smallest absolute Gasteiger partial charge is 0.273 e. The van der Waals surface area contributed by atoms with Gasteiger partial charge in [0.25, 0.3) is 5.91 Å². The van der Waals surface area contributed by atoms with Gasteiger partial charge >= 0.3 is 0 Å². The van der Waals surface area contributed by atoms with Crippen molar-refractivity contribution in [1.82, 2.24) is 9.88 Å². The Balaban J connectivity index is 2.11. The number of nitrogens with zero attached hydrogens (tertiary/aromatic N) is 2. The van der Waals surface area contributed by atoms with Crippen molar-refractivity contribution in [3.63, 3.8) is 0 Å². The average molecular weight is 325 g/mol. The molecule has 1 aromatic carbocycles. The van der Waals surface area contributed by atoms with E-state index in [4.69, 9.17) is 0 Å². The van der Waals surface area contributed by atoms with Gasteiger partial charge in [-0.2, -0.15) is 0 Å². The van der Waals surface area contributed by atoms with Crippen LogP contribution in [0.3, 0.4) is 0 Å². The highest BCUT2D eigenvalue weighted by atomic mass is 79.9. The van der Waals surface area contributed by atoms with Crippen molar-refractivity contribution >= 4 is 33.2 Å². The number of carbonyl (C=O) groups excluding carboxylic acids is 1. The number of rotatable bonds is 5. The van der Waals surface area contributed by atoms with E-state index in [0.717, 1.165) is 10.9 Å². The van der Waals surface area contributed by atoms with Crippen molar-refractivity contribution in [2.24, 2.45) is 0 Å². The highest BCUT2D eigenvalue weighted by molar-refractivity contribution is 9.09. The zero-order valence-corrected chi connectivity index (χ0v) is 12.2. The minimum absolute atomic E-state index is 0.0143. The normalized spacial score (nSPS) is 10.3. The van der Waals surface area contributed by atoms with E-state index < -0.39 is 0 Å². The molecule has 94 valence electrons. The highest BCUT2D eigenvalue weighted by Gasteiger charge is 2.16. The SMILES string of the molecule is O=C(c1cscn1)N(CCBr)Cc1ccccc1. The van der Waals surface area contributed by atoms with E-state index in [-0.39, 0.29) is 5.91 Å². The fourth-order valence-corrected chi connectivity index (χ4v) is 2.59. The molecule has 0 aliphatic heterocycles. The van der Waals surface area contributed by atoms with E-state index >= 15 is 0 Å². The summed E-state index contributed by atoms with van der Waals surface area (Å²) in [5.74, 6) is -0.0143. The summed E-state index contributed by atoms with van der Waals surface area (Å²) in [5, 5.41) is 2.55. The number of alkyl halides is 1. The fraction of sp³-hybridized carbons (Fsp3) is 0.231. The molecule has 0 unspecified atom stereocenters. The van der Waals surface area contributed by atoms with E-state index in [1.54, 1.807) is 15.8 Å². The van der Waals surface area contributed by atoms with Gasteiger partial charge in [-0.3, -0.25) is 4.79 Å². The molecule has 18 heavy (non-hydrogen) atoms. The Morgan fingerprint density at radius 1 is 1.33 bits per heavy atom. The minimum atomic E-state index is -0.0143. The lowest BCUT2D eigenvalue weighted by molar-refractivity contribution is 0.0749. The average Bonchev–Trinajstić information content (AvgIpc) is 2.92. The van der Waals surface area contributed by atoms with Crippen LogP contribution < -0.4 is 0 Å². The third-order valence-electron chi connectivity index (χ3n) is 2.51. The molecule has 0 bridgehead atoms. The molecule has 0 saturated heterocycles. The summed E-state index contributed by atoms with van der Waals surface area (Å²) in [5.41, 5.74) is 3.33. The summed E-state index contributed by atoms with van der Waals surface area (Å²) < 4.78 is 0. The lowest BCUT2D eigenvalue weighted by atomic mass is 10.2. The second-order valence-electron chi connectivity index (χ2n) is 3.77. The zero-order valence-electron chi connectivity index (χ0n) is 9.75. The van der Waals surface area contributed by atoms with Crippen LogP contribution in [0.2, 0.25) is 0 Å². The molecule has 0 aliphatic carbocycles. The fourth-order valence-electron chi connectivity index (χ4n) is 1.64. The van der Waals surface area contributed by atoms with Crippen LogP contribution in [-0.2, 0) is 6.54 Å². The molecule has 0 fully saturated rings. The lowest BCUT2D eigenvalue weighted by Gasteiger charge is -2.20. The van der Waals surface area contributed by atoms with Gasteiger partial charge in [0.05, 0.1) is 5.51 Å². The van der Waals surface area contributed by atoms with E-state index in [1.807, 2.05) is 30.3 Å². The summed E-state index contributed by atoms with van der Waals surface area (Å²) in [6, 6.07) is 9.98. The zero-order chi connectivity index (χ0) is 12.8. The largest absolute Gasteiger partial charge is 0.332 e. The third-order valence-corrected chi connectivity index (χ3v) is 3.45. The van der Waals surface area contributed by atoms with Gasteiger partial charge in [0.2, 0.25) is 0 Å². The Morgan fingerprint density at radius 2 is 2.11 bits per heavy atom. The van der Waals surface area contributed by atoms with Crippen molar-refractivity contribution in [2.75, 3.05) is 11.9 Å². The summed E-state index contributed by atoms with van der Waals surface area (Å²) in [4.78, 5) is 18.1. The number of halogens is 1. The number of aromatic nitrogens is 1. The summed E-state index contributed by atoms with van der Waals surface area (Å²) in [7, 11) is 0. The van der Waals surface area contributed by atoms with Gasteiger partial charge in [0.15, 0.2) is 0 Å². The topological polar surface area (TPSA) is 33.2 Å². The van der Waals surface area contributed by atoms with Crippen LogP contribution in [0.15, 0.2) is 41.2 Å². The number of benzene rings is 1. The highest BCUT2D eigenvalue weighted by Crippen LogP contribution is 2.10. The monoisotopic (exact) mass is 324 g/mol. The number of hydrogen-bond donors (Lipinski definition) is 0.